The van der Waals surface area contributed by atoms with E-state index in [9.17, 15) is 0 Å². The molecular weight excluding hydrogens is 286 g/mol. The van der Waals surface area contributed by atoms with E-state index >= 15 is 0 Å². The second kappa shape index (κ2) is 6.75. The molecule has 2 aromatic rings. The average molecular weight is 313 g/mol. The van der Waals surface area contributed by atoms with Crippen LogP contribution in [0.15, 0.2) is 24.3 Å². The molecule has 4 nitrogen and oxygen atoms in total. The van der Waals surface area contributed by atoms with E-state index in [0.29, 0.717) is 6.61 Å². The van der Waals surface area contributed by atoms with Gasteiger partial charge in [0.15, 0.2) is 0 Å². The van der Waals surface area contributed by atoms with Gasteiger partial charge in [-0.1, -0.05) is 19.1 Å². The topological polar surface area (TPSA) is 30.3 Å². The highest BCUT2D eigenvalue weighted by Crippen LogP contribution is 2.31. The number of aromatic nitrogens is 2. The number of anilines is 1. The number of imidazole rings is 1. The minimum atomic E-state index is 0.116. The van der Waals surface area contributed by atoms with E-state index in [2.05, 4.69) is 61.7 Å². The fourth-order valence-electron chi connectivity index (χ4n) is 3.42. The van der Waals surface area contributed by atoms with Crippen molar-refractivity contribution >= 4 is 5.69 Å². The van der Waals surface area contributed by atoms with Crippen molar-refractivity contribution < 1.29 is 4.74 Å². The maximum atomic E-state index is 6.24. The van der Waals surface area contributed by atoms with Gasteiger partial charge in [0.2, 0.25) is 0 Å². The lowest BCUT2D eigenvalue weighted by Gasteiger charge is -2.25. The molecule has 4 heteroatoms. The summed E-state index contributed by atoms with van der Waals surface area (Å²) in [4.78, 5) is 6.91. The van der Waals surface area contributed by atoms with Crippen molar-refractivity contribution in [2.75, 3.05) is 19.0 Å². The molecule has 2 heterocycles. The lowest BCUT2D eigenvalue weighted by atomic mass is 10.1. The van der Waals surface area contributed by atoms with Crippen LogP contribution >= 0.6 is 0 Å². The van der Waals surface area contributed by atoms with Crippen LogP contribution in [0.25, 0.3) is 0 Å². The van der Waals surface area contributed by atoms with E-state index in [-0.39, 0.29) is 6.10 Å². The van der Waals surface area contributed by atoms with Gasteiger partial charge in [0, 0.05) is 32.0 Å². The van der Waals surface area contributed by atoms with Crippen molar-refractivity contribution in [3.8, 4) is 0 Å². The van der Waals surface area contributed by atoms with Gasteiger partial charge in [-0.05, 0) is 43.9 Å². The Labute approximate surface area is 139 Å². The first-order chi connectivity index (χ1) is 11.1. The molecule has 0 N–H and O–H groups in total. The Hall–Kier alpha value is -1.81. The molecule has 23 heavy (non-hydrogen) atoms. The standard InChI is InChI=1S/C19H27N3O/c1-5-17-14(2)20-19-18(10-7-11-22(17)19)23-13-15-8-6-9-16(12-15)21(3)4/h6,8-9,12,18H,5,7,10-11,13H2,1-4H3. The van der Waals surface area contributed by atoms with Gasteiger partial charge in [0.1, 0.15) is 11.9 Å². The third kappa shape index (κ3) is 3.27. The number of ether oxygens (including phenoxy) is 1. The van der Waals surface area contributed by atoms with E-state index in [0.717, 1.165) is 37.3 Å². The maximum Gasteiger partial charge on any atom is 0.138 e. The van der Waals surface area contributed by atoms with Crippen molar-refractivity contribution in [1.29, 1.82) is 0 Å². The second-order valence-corrected chi connectivity index (χ2v) is 6.51. The number of benzene rings is 1. The molecule has 0 fully saturated rings. The number of fused-ring (bicyclic) bond motifs is 1. The predicted octanol–water partition coefficient (Wildman–Crippen LogP) is 3.87. The first-order valence-corrected chi connectivity index (χ1v) is 8.54. The second-order valence-electron chi connectivity index (χ2n) is 6.51. The normalized spacial score (nSPS) is 17.1. The molecule has 1 aliphatic heterocycles. The van der Waals surface area contributed by atoms with Gasteiger partial charge in [-0.2, -0.15) is 0 Å². The van der Waals surface area contributed by atoms with E-state index in [1.54, 1.807) is 0 Å². The summed E-state index contributed by atoms with van der Waals surface area (Å²) in [7, 11) is 4.12. The summed E-state index contributed by atoms with van der Waals surface area (Å²) in [5.41, 5.74) is 4.95. The van der Waals surface area contributed by atoms with Crippen LogP contribution in [-0.2, 0) is 24.3 Å². The van der Waals surface area contributed by atoms with Crippen LogP contribution in [0.2, 0.25) is 0 Å². The zero-order valence-corrected chi connectivity index (χ0v) is 14.7. The number of hydrogen-bond donors (Lipinski definition) is 0. The molecule has 0 aliphatic carbocycles. The molecule has 0 bridgehead atoms. The van der Waals surface area contributed by atoms with Crippen LogP contribution in [0.3, 0.4) is 0 Å². The molecule has 1 unspecified atom stereocenters. The Balaban J connectivity index is 1.74. The van der Waals surface area contributed by atoms with Crippen molar-refractivity contribution in [2.24, 2.45) is 0 Å². The van der Waals surface area contributed by atoms with Gasteiger partial charge in [-0.15, -0.1) is 0 Å². The SMILES string of the molecule is CCc1c(C)nc2n1CCCC2OCc1cccc(N(C)C)c1. The highest BCUT2D eigenvalue weighted by Gasteiger charge is 2.25. The Bertz CT molecular complexity index is 675. The Kier molecular flexibility index (Phi) is 4.71. The van der Waals surface area contributed by atoms with Crippen molar-refractivity contribution in [2.45, 2.75) is 52.4 Å². The number of hydrogen-bond acceptors (Lipinski definition) is 3. The molecule has 0 amide bonds. The highest BCUT2D eigenvalue weighted by atomic mass is 16.5. The average Bonchev–Trinajstić information content (AvgIpc) is 2.88. The molecule has 0 saturated heterocycles. The molecule has 124 valence electrons. The van der Waals surface area contributed by atoms with E-state index < -0.39 is 0 Å². The van der Waals surface area contributed by atoms with E-state index in [4.69, 9.17) is 9.72 Å². The van der Waals surface area contributed by atoms with Gasteiger partial charge in [0.05, 0.1) is 12.3 Å². The lowest BCUT2D eigenvalue weighted by Crippen LogP contribution is -2.19. The van der Waals surface area contributed by atoms with Crippen LogP contribution in [0.1, 0.15) is 48.6 Å². The Morgan fingerprint density at radius 1 is 1.35 bits per heavy atom. The smallest absolute Gasteiger partial charge is 0.138 e. The fourth-order valence-corrected chi connectivity index (χ4v) is 3.42. The van der Waals surface area contributed by atoms with Gasteiger partial charge in [0.25, 0.3) is 0 Å². The molecule has 0 spiro atoms. The van der Waals surface area contributed by atoms with Gasteiger partial charge in [-0.25, -0.2) is 4.98 Å². The quantitative estimate of drug-likeness (QED) is 0.839. The first-order valence-electron chi connectivity index (χ1n) is 8.54. The zero-order valence-electron chi connectivity index (χ0n) is 14.7. The summed E-state index contributed by atoms with van der Waals surface area (Å²) in [5, 5.41) is 0. The first kappa shape index (κ1) is 16.1. The highest BCUT2D eigenvalue weighted by molar-refractivity contribution is 5.46. The molecule has 0 saturated carbocycles. The third-order valence-electron chi connectivity index (χ3n) is 4.65. The Morgan fingerprint density at radius 2 is 2.17 bits per heavy atom. The van der Waals surface area contributed by atoms with Gasteiger partial charge in [-0.3, -0.25) is 0 Å². The monoisotopic (exact) mass is 313 g/mol. The van der Waals surface area contributed by atoms with Gasteiger partial charge < -0.3 is 14.2 Å². The van der Waals surface area contributed by atoms with E-state index in [1.165, 1.54) is 16.9 Å². The largest absolute Gasteiger partial charge is 0.378 e. The van der Waals surface area contributed by atoms with Crippen molar-refractivity contribution in [3.63, 3.8) is 0 Å². The van der Waals surface area contributed by atoms with Crippen LogP contribution in [0, 0.1) is 6.92 Å². The van der Waals surface area contributed by atoms with Crippen LogP contribution in [-0.4, -0.2) is 23.6 Å². The molecule has 1 aliphatic rings. The lowest BCUT2D eigenvalue weighted by molar-refractivity contribution is 0.0159. The number of aryl methyl sites for hydroxylation is 1. The van der Waals surface area contributed by atoms with Crippen molar-refractivity contribution in [3.05, 3.63) is 47.0 Å². The molecule has 1 aromatic heterocycles. The van der Waals surface area contributed by atoms with Gasteiger partial charge >= 0.3 is 0 Å². The summed E-state index contributed by atoms with van der Waals surface area (Å²) in [6.45, 7) is 6.03. The summed E-state index contributed by atoms with van der Waals surface area (Å²) < 4.78 is 8.62. The summed E-state index contributed by atoms with van der Waals surface area (Å²) in [6.07, 6.45) is 3.38. The zero-order chi connectivity index (χ0) is 16.4. The molecular formula is C19H27N3O. The summed E-state index contributed by atoms with van der Waals surface area (Å²) in [5.74, 6) is 1.12. The Morgan fingerprint density at radius 3 is 2.91 bits per heavy atom. The molecule has 3 rings (SSSR count). The predicted molar refractivity (Wildman–Crippen MR) is 93.9 cm³/mol. The minimum absolute atomic E-state index is 0.116. The minimum Gasteiger partial charge on any atom is -0.378 e. The number of nitrogens with zero attached hydrogens (tertiary/aromatic N) is 3. The number of rotatable bonds is 5. The fraction of sp³-hybridized carbons (Fsp3) is 0.526. The summed E-state index contributed by atoms with van der Waals surface area (Å²) in [6, 6.07) is 8.53. The molecule has 1 atom stereocenters. The summed E-state index contributed by atoms with van der Waals surface area (Å²) >= 11 is 0. The van der Waals surface area contributed by atoms with Crippen LogP contribution < -0.4 is 4.90 Å². The molecule has 0 radical (unpaired) electrons. The van der Waals surface area contributed by atoms with Crippen LogP contribution in [0.4, 0.5) is 5.69 Å². The van der Waals surface area contributed by atoms with Crippen molar-refractivity contribution in [1.82, 2.24) is 9.55 Å². The molecule has 1 aromatic carbocycles. The van der Waals surface area contributed by atoms with Crippen LogP contribution in [0.5, 0.6) is 0 Å². The maximum absolute atomic E-state index is 6.24. The van der Waals surface area contributed by atoms with E-state index in [1.807, 2.05) is 0 Å². The third-order valence-corrected chi connectivity index (χ3v) is 4.65.